The van der Waals surface area contributed by atoms with Crippen molar-refractivity contribution in [3.05, 3.63) is 89.4 Å². The molecule has 0 spiro atoms. The van der Waals surface area contributed by atoms with Crippen molar-refractivity contribution in [1.82, 2.24) is 24.8 Å². The van der Waals surface area contributed by atoms with Gasteiger partial charge in [-0.1, -0.05) is 42.5 Å². The third kappa shape index (κ3) is 4.27. The van der Waals surface area contributed by atoms with Crippen molar-refractivity contribution in [2.24, 2.45) is 0 Å². The number of nitrogens with one attached hydrogen (secondary N) is 1. The molecule has 0 saturated heterocycles. The second-order valence-corrected chi connectivity index (χ2v) is 8.12. The molecular weight excluding hydrogens is 416 g/mol. The van der Waals surface area contributed by atoms with Crippen LogP contribution in [0.3, 0.4) is 0 Å². The highest BCUT2D eigenvalue weighted by atomic mass is 16.2. The van der Waals surface area contributed by atoms with Crippen LogP contribution in [0, 0.1) is 0 Å². The minimum absolute atomic E-state index is 0.00397. The van der Waals surface area contributed by atoms with Gasteiger partial charge in [-0.25, -0.2) is 9.97 Å². The lowest BCUT2D eigenvalue weighted by atomic mass is 10.0. The summed E-state index contributed by atoms with van der Waals surface area (Å²) in [6.07, 6.45) is 2.29. The zero-order chi connectivity index (χ0) is 22.8. The second-order valence-electron chi connectivity index (χ2n) is 8.12. The van der Waals surface area contributed by atoms with Gasteiger partial charge in [0.25, 0.3) is 5.91 Å². The number of fused-ring (bicyclic) bond motifs is 2. The topological polar surface area (TPSA) is 106 Å². The zero-order valence-electron chi connectivity index (χ0n) is 18.1. The largest absolute Gasteiger partial charge is 0.383 e. The fraction of sp³-hybridized carbons (Fsp3) is 0.200. The van der Waals surface area contributed by atoms with Gasteiger partial charge < -0.3 is 20.5 Å². The Balaban J connectivity index is 1.29. The van der Waals surface area contributed by atoms with Gasteiger partial charge in [0.1, 0.15) is 12.4 Å². The molecule has 0 atom stereocenters. The number of imidazole rings is 1. The summed E-state index contributed by atoms with van der Waals surface area (Å²) < 4.78 is 1.86. The zero-order valence-corrected chi connectivity index (χ0v) is 18.1. The van der Waals surface area contributed by atoms with E-state index in [0.717, 1.165) is 27.9 Å². The number of carbonyl (C=O) groups is 2. The van der Waals surface area contributed by atoms with Crippen molar-refractivity contribution >= 4 is 28.7 Å². The first-order valence-electron chi connectivity index (χ1n) is 10.9. The molecule has 166 valence electrons. The fourth-order valence-corrected chi connectivity index (χ4v) is 4.14. The number of para-hydroxylation sites is 2. The molecule has 0 aliphatic carbocycles. The molecule has 33 heavy (non-hydrogen) atoms. The first kappa shape index (κ1) is 20.7. The minimum Gasteiger partial charge on any atom is -0.383 e. The highest BCUT2D eigenvalue weighted by Gasteiger charge is 2.24. The Morgan fingerprint density at radius 3 is 2.70 bits per heavy atom. The average molecular weight is 441 g/mol. The highest BCUT2D eigenvalue weighted by Crippen LogP contribution is 2.23. The maximum atomic E-state index is 13.0. The number of nitrogens with zero attached hydrogens (tertiary/aromatic N) is 4. The van der Waals surface area contributed by atoms with E-state index in [1.54, 1.807) is 17.3 Å². The van der Waals surface area contributed by atoms with E-state index in [9.17, 15) is 9.59 Å². The first-order valence-corrected chi connectivity index (χ1v) is 10.9. The summed E-state index contributed by atoms with van der Waals surface area (Å²) in [6.45, 7) is 1.57. The highest BCUT2D eigenvalue weighted by molar-refractivity contribution is 5.98. The summed E-state index contributed by atoms with van der Waals surface area (Å²) in [6, 6.07) is 19.2. The SMILES string of the molecule is Nc1nc2c(cc1C(=O)NCc1ccccc1)CN(C(=O)Cn1cnc3ccccc31)CC2. The lowest BCUT2D eigenvalue weighted by Crippen LogP contribution is -2.38. The number of nitrogen functional groups attached to an aromatic ring is 1. The van der Waals surface area contributed by atoms with Crippen LogP contribution in [0.4, 0.5) is 5.82 Å². The summed E-state index contributed by atoms with van der Waals surface area (Å²) in [4.78, 5) is 36.4. The Kier molecular flexibility index (Phi) is 5.48. The molecule has 3 N–H and O–H groups in total. The van der Waals surface area contributed by atoms with E-state index in [2.05, 4.69) is 15.3 Å². The molecule has 0 radical (unpaired) electrons. The van der Waals surface area contributed by atoms with E-state index in [4.69, 9.17) is 5.73 Å². The van der Waals surface area contributed by atoms with Crippen LogP contribution in [0.1, 0.15) is 27.2 Å². The molecule has 4 aromatic rings. The lowest BCUT2D eigenvalue weighted by Gasteiger charge is -2.29. The molecule has 1 aliphatic rings. The second kappa shape index (κ2) is 8.74. The van der Waals surface area contributed by atoms with Gasteiger partial charge >= 0.3 is 0 Å². The summed E-state index contributed by atoms with van der Waals surface area (Å²) in [5.41, 5.74) is 10.9. The van der Waals surface area contributed by atoms with Crippen molar-refractivity contribution in [2.75, 3.05) is 12.3 Å². The number of aromatic nitrogens is 3. The van der Waals surface area contributed by atoms with Crippen LogP contribution in [0.25, 0.3) is 11.0 Å². The molecule has 0 unspecified atom stereocenters. The number of hydrogen-bond acceptors (Lipinski definition) is 5. The molecular formula is C25H24N6O2. The summed E-state index contributed by atoms with van der Waals surface area (Å²) in [5, 5.41) is 2.89. The number of rotatable bonds is 5. The standard InChI is InChI=1S/C25H24N6O2/c26-24-19(25(33)27-13-17-6-2-1-3-7-17)12-18-14-30(11-10-20(18)29-24)23(32)15-31-16-28-21-8-4-5-9-22(21)31/h1-9,12,16H,10-11,13-15H2,(H2,26,29)(H,27,33). The van der Waals surface area contributed by atoms with Crippen LogP contribution in [0.5, 0.6) is 0 Å². The molecule has 1 aliphatic heterocycles. The number of amides is 2. The van der Waals surface area contributed by atoms with E-state index in [-0.39, 0.29) is 24.2 Å². The van der Waals surface area contributed by atoms with E-state index < -0.39 is 0 Å². The van der Waals surface area contributed by atoms with Gasteiger partial charge in [-0.3, -0.25) is 9.59 Å². The van der Waals surface area contributed by atoms with Crippen LogP contribution >= 0.6 is 0 Å². The van der Waals surface area contributed by atoms with E-state index in [1.807, 2.05) is 59.2 Å². The van der Waals surface area contributed by atoms with Crippen LogP contribution in [-0.4, -0.2) is 37.8 Å². The van der Waals surface area contributed by atoms with Crippen molar-refractivity contribution in [3.63, 3.8) is 0 Å². The van der Waals surface area contributed by atoms with Crippen LogP contribution < -0.4 is 11.1 Å². The fourth-order valence-electron chi connectivity index (χ4n) is 4.14. The predicted molar refractivity (Wildman–Crippen MR) is 125 cm³/mol. The molecule has 3 heterocycles. The van der Waals surface area contributed by atoms with Crippen LogP contribution in [0.2, 0.25) is 0 Å². The smallest absolute Gasteiger partial charge is 0.255 e. The number of hydrogen-bond donors (Lipinski definition) is 2. The van der Waals surface area contributed by atoms with Gasteiger partial charge in [-0.2, -0.15) is 0 Å². The average Bonchev–Trinajstić information content (AvgIpc) is 3.25. The Bertz CT molecular complexity index is 1330. The van der Waals surface area contributed by atoms with Gasteiger partial charge in [0.15, 0.2) is 0 Å². The van der Waals surface area contributed by atoms with Crippen LogP contribution in [-0.2, 0) is 30.8 Å². The molecule has 2 aromatic carbocycles. The lowest BCUT2D eigenvalue weighted by molar-refractivity contribution is -0.132. The van der Waals surface area contributed by atoms with Gasteiger partial charge in [0, 0.05) is 31.7 Å². The van der Waals surface area contributed by atoms with Gasteiger partial charge in [0.2, 0.25) is 5.91 Å². The maximum Gasteiger partial charge on any atom is 0.255 e. The Hall–Kier alpha value is -4.20. The van der Waals surface area contributed by atoms with E-state index in [1.165, 1.54) is 0 Å². The normalized spacial score (nSPS) is 13.0. The quantitative estimate of drug-likeness (QED) is 0.496. The molecule has 0 bridgehead atoms. The summed E-state index contributed by atoms with van der Waals surface area (Å²) in [5.74, 6) is -0.0698. The third-order valence-corrected chi connectivity index (χ3v) is 5.93. The van der Waals surface area contributed by atoms with Crippen molar-refractivity contribution < 1.29 is 9.59 Å². The molecule has 2 amide bonds. The Morgan fingerprint density at radius 2 is 1.85 bits per heavy atom. The first-order chi connectivity index (χ1) is 16.1. The van der Waals surface area contributed by atoms with Gasteiger partial charge in [-0.15, -0.1) is 0 Å². The molecule has 0 saturated carbocycles. The number of pyridine rings is 1. The molecule has 8 heteroatoms. The van der Waals surface area contributed by atoms with Crippen molar-refractivity contribution in [1.29, 1.82) is 0 Å². The van der Waals surface area contributed by atoms with E-state index in [0.29, 0.717) is 31.6 Å². The summed E-state index contributed by atoms with van der Waals surface area (Å²) in [7, 11) is 0. The van der Waals surface area contributed by atoms with E-state index >= 15 is 0 Å². The van der Waals surface area contributed by atoms with Crippen molar-refractivity contribution in [3.8, 4) is 0 Å². The molecule has 5 rings (SSSR count). The van der Waals surface area contributed by atoms with Gasteiger partial charge in [0.05, 0.1) is 22.9 Å². The predicted octanol–water partition coefficient (Wildman–Crippen LogP) is 2.53. The number of nitrogens with two attached hydrogens (primary N) is 1. The molecule has 2 aromatic heterocycles. The Labute approximate surface area is 191 Å². The monoisotopic (exact) mass is 440 g/mol. The third-order valence-electron chi connectivity index (χ3n) is 5.93. The van der Waals surface area contributed by atoms with Crippen molar-refractivity contribution in [2.45, 2.75) is 26.1 Å². The summed E-state index contributed by atoms with van der Waals surface area (Å²) >= 11 is 0. The molecule has 0 fully saturated rings. The molecule has 8 nitrogen and oxygen atoms in total. The number of carbonyl (C=O) groups excluding carboxylic acids is 2. The van der Waals surface area contributed by atoms with Crippen LogP contribution in [0.15, 0.2) is 67.0 Å². The maximum absolute atomic E-state index is 13.0. The Morgan fingerprint density at radius 1 is 1.06 bits per heavy atom. The van der Waals surface area contributed by atoms with Gasteiger partial charge in [-0.05, 0) is 29.3 Å². The number of benzene rings is 2. The number of anilines is 1. The minimum atomic E-state index is -0.278.